The van der Waals surface area contributed by atoms with E-state index in [4.69, 9.17) is 5.73 Å². The van der Waals surface area contributed by atoms with Gasteiger partial charge in [0.1, 0.15) is 0 Å². The average molecular weight is 260 g/mol. The van der Waals surface area contributed by atoms with Gasteiger partial charge in [-0.05, 0) is 26.2 Å². The van der Waals surface area contributed by atoms with Gasteiger partial charge in [0.2, 0.25) is 5.91 Å². The summed E-state index contributed by atoms with van der Waals surface area (Å²) in [6.07, 6.45) is 7.03. The van der Waals surface area contributed by atoms with Crippen LogP contribution in [-0.4, -0.2) is 33.7 Å². The van der Waals surface area contributed by atoms with E-state index in [0.29, 0.717) is 12.2 Å². The fourth-order valence-corrected chi connectivity index (χ4v) is 3.00. The second kappa shape index (κ2) is 6.50. The van der Waals surface area contributed by atoms with Gasteiger partial charge in [0.25, 0.3) is 0 Å². The van der Waals surface area contributed by atoms with Crippen molar-refractivity contribution in [3.05, 3.63) is 0 Å². The number of rotatable bonds is 6. The maximum Gasteiger partial charge on any atom is 0.222 e. The summed E-state index contributed by atoms with van der Waals surface area (Å²) in [5.74, 6) is 0.665. The predicted octanol–water partition coefficient (Wildman–Crippen LogP) is 0.921. The topological polar surface area (TPSA) is 72.2 Å². The summed E-state index contributed by atoms with van der Waals surface area (Å²) in [5.41, 5.74) is 5.87. The molecule has 3 N–H and O–H groups in total. The maximum absolute atomic E-state index is 11.8. The van der Waals surface area contributed by atoms with E-state index < -0.39 is 10.8 Å². The molecule has 1 saturated carbocycles. The third-order valence-electron chi connectivity index (χ3n) is 3.36. The van der Waals surface area contributed by atoms with Crippen LogP contribution < -0.4 is 11.1 Å². The van der Waals surface area contributed by atoms with E-state index in [0.717, 1.165) is 32.1 Å². The van der Waals surface area contributed by atoms with Crippen molar-refractivity contribution in [3.63, 3.8) is 0 Å². The number of amides is 1. The van der Waals surface area contributed by atoms with Gasteiger partial charge in [0, 0.05) is 40.8 Å². The molecule has 1 amide bonds. The summed E-state index contributed by atoms with van der Waals surface area (Å²) in [6, 6.07) is 0.0800. The monoisotopic (exact) mass is 260 g/mol. The highest BCUT2D eigenvalue weighted by Gasteiger charge is 2.31. The third-order valence-corrected chi connectivity index (χ3v) is 4.17. The molecular formula is C12H24N2O2S. The van der Waals surface area contributed by atoms with E-state index in [1.165, 1.54) is 0 Å². The van der Waals surface area contributed by atoms with Crippen LogP contribution in [0.25, 0.3) is 0 Å². The van der Waals surface area contributed by atoms with Crippen LogP contribution in [0.1, 0.15) is 45.4 Å². The molecule has 0 saturated heterocycles. The van der Waals surface area contributed by atoms with Gasteiger partial charge in [-0.1, -0.05) is 12.8 Å². The van der Waals surface area contributed by atoms with Crippen molar-refractivity contribution < 1.29 is 9.00 Å². The van der Waals surface area contributed by atoms with Gasteiger partial charge >= 0.3 is 0 Å². The molecule has 0 aliphatic heterocycles. The fraction of sp³-hybridized carbons (Fsp3) is 0.917. The van der Waals surface area contributed by atoms with Crippen LogP contribution in [0.2, 0.25) is 0 Å². The zero-order valence-electron chi connectivity index (χ0n) is 10.8. The van der Waals surface area contributed by atoms with Crippen LogP contribution >= 0.6 is 0 Å². The second-order valence-corrected chi connectivity index (χ2v) is 6.84. The lowest BCUT2D eigenvalue weighted by Gasteiger charge is -2.24. The lowest BCUT2D eigenvalue weighted by molar-refractivity contribution is -0.122. The zero-order valence-corrected chi connectivity index (χ0v) is 11.6. The molecule has 0 heterocycles. The first-order valence-electron chi connectivity index (χ1n) is 6.29. The number of carbonyl (C=O) groups excluding carboxylic acids is 1. The van der Waals surface area contributed by atoms with E-state index in [2.05, 4.69) is 5.32 Å². The molecule has 4 nitrogen and oxygen atoms in total. The molecule has 2 atom stereocenters. The van der Waals surface area contributed by atoms with Gasteiger partial charge in [-0.25, -0.2) is 0 Å². The molecule has 17 heavy (non-hydrogen) atoms. The number of hydrogen-bond donors (Lipinski definition) is 2. The number of carbonyl (C=O) groups is 1. The number of nitrogens with two attached hydrogens (primary N) is 1. The highest BCUT2D eigenvalue weighted by Crippen LogP contribution is 2.29. The van der Waals surface area contributed by atoms with E-state index in [1.54, 1.807) is 6.26 Å². The molecule has 0 bridgehead atoms. The molecule has 1 aliphatic carbocycles. The summed E-state index contributed by atoms with van der Waals surface area (Å²) >= 11 is 0. The Kier molecular flexibility index (Phi) is 5.59. The normalized spacial score (nSPS) is 22.1. The zero-order chi connectivity index (χ0) is 12.9. The fourth-order valence-electron chi connectivity index (χ4n) is 2.32. The van der Waals surface area contributed by atoms with Crippen molar-refractivity contribution in [1.82, 2.24) is 5.32 Å². The van der Waals surface area contributed by atoms with E-state index >= 15 is 0 Å². The quantitative estimate of drug-likeness (QED) is 0.746. The number of nitrogens with one attached hydrogen (secondary N) is 1. The van der Waals surface area contributed by atoms with Gasteiger partial charge in [-0.3, -0.25) is 9.00 Å². The molecule has 0 aromatic carbocycles. The molecule has 0 aromatic heterocycles. The van der Waals surface area contributed by atoms with Gasteiger partial charge < -0.3 is 11.1 Å². The first kappa shape index (κ1) is 14.6. The third kappa shape index (κ3) is 5.64. The van der Waals surface area contributed by atoms with Crippen LogP contribution in [0.3, 0.4) is 0 Å². The Hall–Kier alpha value is -0.420. The van der Waals surface area contributed by atoms with Gasteiger partial charge in [0.05, 0.1) is 0 Å². The highest BCUT2D eigenvalue weighted by molar-refractivity contribution is 7.84. The Bertz CT molecular complexity index is 288. The van der Waals surface area contributed by atoms with Crippen LogP contribution in [0, 0.1) is 0 Å². The summed E-state index contributed by atoms with van der Waals surface area (Å²) < 4.78 is 10.9. The van der Waals surface area contributed by atoms with Crippen molar-refractivity contribution in [3.8, 4) is 0 Å². The Morgan fingerprint density at radius 2 is 2.06 bits per heavy atom. The molecule has 2 unspecified atom stereocenters. The van der Waals surface area contributed by atoms with Crippen LogP contribution in [0.5, 0.6) is 0 Å². The lowest BCUT2D eigenvalue weighted by Crippen LogP contribution is -2.44. The second-order valence-electron chi connectivity index (χ2n) is 5.28. The standard InChI is InChI=1S/C12H24N2O2S/c1-10(5-8-17(2)16)14-11(15)9-12(13)6-3-4-7-12/h10H,3-9,13H2,1-2H3,(H,14,15). The predicted molar refractivity (Wildman–Crippen MR) is 71.2 cm³/mol. The van der Waals surface area contributed by atoms with Gasteiger partial charge in [0.15, 0.2) is 0 Å². The van der Waals surface area contributed by atoms with Crippen molar-refractivity contribution >= 4 is 16.7 Å². The maximum atomic E-state index is 11.8. The molecule has 1 aliphatic rings. The molecule has 100 valence electrons. The Morgan fingerprint density at radius 3 is 2.59 bits per heavy atom. The summed E-state index contributed by atoms with van der Waals surface area (Å²) in [7, 11) is -0.789. The van der Waals surface area contributed by atoms with E-state index in [9.17, 15) is 9.00 Å². The summed E-state index contributed by atoms with van der Waals surface area (Å²) in [4.78, 5) is 11.8. The minimum absolute atomic E-state index is 0.0313. The SMILES string of the molecule is CC(CCS(C)=O)NC(=O)CC1(N)CCCC1. The molecule has 0 radical (unpaired) electrons. The number of hydrogen-bond acceptors (Lipinski definition) is 3. The van der Waals surface area contributed by atoms with Crippen molar-refractivity contribution in [2.24, 2.45) is 5.73 Å². The first-order valence-corrected chi connectivity index (χ1v) is 8.02. The van der Waals surface area contributed by atoms with Crippen LogP contribution in [0.4, 0.5) is 0 Å². The summed E-state index contributed by atoms with van der Waals surface area (Å²) in [5, 5.41) is 2.93. The smallest absolute Gasteiger partial charge is 0.222 e. The first-order chi connectivity index (χ1) is 7.91. The highest BCUT2D eigenvalue weighted by atomic mass is 32.2. The molecule has 1 rings (SSSR count). The van der Waals surface area contributed by atoms with E-state index in [1.807, 2.05) is 6.92 Å². The summed E-state index contributed by atoms with van der Waals surface area (Å²) in [6.45, 7) is 1.95. The van der Waals surface area contributed by atoms with Crippen molar-refractivity contribution in [2.45, 2.75) is 57.0 Å². The Morgan fingerprint density at radius 1 is 1.47 bits per heavy atom. The molecule has 0 spiro atoms. The molecular weight excluding hydrogens is 236 g/mol. The minimum atomic E-state index is -0.789. The minimum Gasteiger partial charge on any atom is -0.354 e. The van der Waals surface area contributed by atoms with Gasteiger partial charge in [-0.2, -0.15) is 0 Å². The Labute approximate surface area is 106 Å². The van der Waals surface area contributed by atoms with Crippen LogP contribution in [-0.2, 0) is 15.6 Å². The van der Waals surface area contributed by atoms with Crippen molar-refractivity contribution in [2.75, 3.05) is 12.0 Å². The Balaban J connectivity index is 2.26. The largest absolute Gasteiger partial charge is 0.354 e. The molecule has 5 heteroatoms. The van der Waals surface area contributed by atoms with Crippen LogP contribution in [0.15, 0.2) is 0 Å². The average Bonchev–Trinajstić information content (AvgIpc) is 2.61. The van der Waals surface area contributed by atoms with E-state index in [-0.39, 0.29) is 17.5 Å². The lowest BCUT2D eigenvalue weighted by atomic mass is 9.94. The van der Waals surface area contributed by atoms with Gasteiger partial charge in [-0.15, -0.1) is 0 Å². The van der Waals surface area contributed by atoms with Crippen molar-refractivity contribution in [1.29, 1.82) is 0 Å². The molecule has 1 fully saturated rings. The molecule has 0 aromatic rings.